The molecule has 0 saturated heterocycles. The van der Waals surface area contributed by atoms with Crippen molar-refractivity contribution in [3.8, 4) is 0 Å². The maximum absolute atomic E-state index is 9.65. The zero-order valence-corrected chi connectivity index (χ0v) is 12.0. The fourth-order valence-electron chi connectivity index (χ4n) is 1.91. The smallest absolute Gasteiger partial charge is 0.0652 e. The van der Waals surface area contributed by atoms with E-state index in [1.54, 1.807) is 0 Å². The zero-order valence-electron chi connectivity index (χ0n) is 12.0. The minimum Gasteiger partial charge on any atom is -0.394 e. The summed E-state index contributed by atoms with van der Waals surface area (Å²) in [5, 5.41) is 13.1. The lowest BCUT2D eigenvalue weighted by atomic mass is 9.92. The van der Waals surface area contributed by atoms with Crippen molar-refractivity contribution >= 4 is 0 Å². The van der Waals surface area contributed by atoms with Crippen LogP contribution in [0.2, 0.25) is 0 Å². The van der Waals surface area contributed by atoms with E-state index in [0.29, 0.717) is 0 Å². The monoisotopic (exact) mass is 250 g/mol. The maximum atomic E-state index is 9.65. The molecule has 3 heteroatoms. The highest BCUT2D eigenvalue weighted by atomic mass is 16.3. The fourth-order valence-corrected chi connectivity index (χ4v) is 1.91. The lowest BCUT2D eigenvalue weighted by Crippen LogP contribution is -2.45. The molecule has 0 spiro atoms. The molecule has 0 aromatic heterocycles. The largest absolute Gasteiger partial charge is 0.394 e. The van der Waals surface area contributed by atoms with E-state index in [9.17, 15) is 5.11 Å². The van der Waals surface area contributed by atoms with E-state index in [2.05, 4.69) is 41.4 Å². The summed E-state index contributed by atoms with van der Waals surface area (Å²) in [6.45, 7) is 6.12. The number of aliphatic hydroxyl groups is 1. The Kier molecular flexibility index (Phi) is 5.79. The minimum atomic E-state index is -0.359. The Morgan fingerprint density at radius 1 is 1.22 bits per heavy atom. The molecule has 3 nitrogen and oxygen atoms in total. The quantitative estimate of drug-likeness (QED) is 0.772. The van der Waals surface area contributed by atoms with Crippen molar-refractivity contribution in [1.82, 2.24) is 10.2 Å². The number of likely N-dealkylation sites (N-methyl/N-ethyl adjacent to an activating group) is 1. The SMILES string of the molecule is CCc1ccc(C(C)(CO)NCCN(C)C)cc1. The van der Waals surface area contributed by atoms with Gasteiger partial charge in [0, 0.05) is 13.1 Å². The van der Waals surface area contributed by atoms with Crippen LogP contribution in [-0.2, 0) is 12.0 Å². The van der Waals surface area contributed by atoms with Crippen LogP contribution in [0.4, 0.5) is 0 Å². The molecule has 0 fully saturated rings. The average Bonchev–Trinajstić information content (AvgIpc) is 2.38. The third-order valence-corrected chi connectivity index (χ3v) is 3.39. The Bertz CT molecular complexity index is 348. The Morgan fingerprint density at radius 2 is 1.83 bits per heavy atom. The lowest BCUT2D eigenvalue weighted by molar-refractivity contribution is 0.172. The van der Waals surface area contributed by atoms with E-state index in [-0.39, 0.29) is 12.1 Å². The second kappa shape index (κ2) is 6.88. The molecule has 0 bridgehead atoms. The molecule has 0 aliphatic heterocycles. The topological polar surface area (TPSA) is 35.5 Å². The normalized spacial score (nSPS) is 14.8. The van der Waals surface area contributed by atoms with Gasteiger partial charge in [-0.15, -0.1) is 0 Å². The van der Waals surface area contributed by atoms with Crippen LogP contribution in [0.5, 0.6) is 0 Å². The van der Waals surface area contributed by atoms with Crippen LogP contribution >= 0.6 is 0 Å². The first kappa shape index (κ1) is 15.2. The molecule has 1 unspecified atom stereocenters. The van der Waals surface area contributed by atoms with Gasteiger partial charge in [0.15, 0.2) is 0 Å². The van der Waals surface area contributed by atoms with Gasteiger partial charge in [0.05, 0.1) is 12.1 Å². The number of nitrogens with zero attached hydrogens (tertiary/aromatic N) is 1. The number of nitrogens with one attached hydrogen (secondary N) is 1. The van der Waals surface area contributed by atoms with Crippen LogP contribution in [0, 0.1) is 0 Å². The molecule has 0 amide bonds. The van der Waals surface area contributed by atoms with Gasteiger partial charge in [-0.25, -0.2) is 0 Å². The third kappa shape index (κ3) is 4.09. The average molecular weight is 250 g/mol. The molecule has 1 aromatic rings. The Balaban J connectivity index is 2.72. The van der Waals surface area contributed by atoms with Gasteiger partial charge in [-0.1, -0.05) is 31.2 Å². The summed E-state index contributed by atoms with van der Waals surface area (Å²) in [7, 11) is 4.10. The maximum Gasteiger partial charge on any atom is 0.0652 e. The fraction of sp³-hybridized carbons (Fsp3) is 0.600. The molecule has 0 heterocycles. The standard InChI is InChI=1S/C15H26N2O/c1-5-13-6-8-14(9-7-13)15(2,12-18)16-10-11-17(3)4/h6-9,16,18H,5,10-12H2,1-4H3. The van der Waals surface area contributed by atoms with Crippen LogP contribution in [0.3, 0.4) is 0 Å². The molecule has 0 radical (unpaired) electrons. The van der Waals surface area contributed by atoms with Crippen molar-refractivity contribution in [1.29, 1.82) is 0 Å². The van der Waals surface area contributed by atoms with Crippen molar-refractivity contribution in [3.63, 3.8) is 0 Å². The predicted octanol–water partition coefficient (Wildman–Crippen LogP) is 1.61. The summed E-state index contributed by atoms with van der Waals surface area (Å²) >= 11 is 0. The van der Waals surface area contributed by atoms with Gasteiger partial charge in [-0.05, 0) is 38.6 Å². The summed E-state index contributed by atoms with van der Waals surface area (Å²) in [5.41, 5.74) is 2.11. The number of hydrogen-bond donors (Lipinski definition) is 2. The highest BCUT2D eigenvalue weighted by Gasteiger charge is 2.24. The van der Waals surface area contributed by atoms with Gasteiger partial charge < -0.3 is 15.3 Å². The number of aliphatic hydroxyl groups excluding tert-OH is 1. The van der Waals surface area contributed by atoms with Crippen LogP contribution in [-0.4, -0.2) is 43.8 Å². The van der Waals surface area contributed by atoms with E-state index in [1.807, 2.05) is 21.0 Å². The Labute approximate surface area is 111 Å². The number of benzene rings is 1. The second-order valence-electron chi connectivity index (χ2n) is 5.27. The summed E-state index contributed by atoms with van der Waals surface area (Å²) in [6.07, 6.45) is 1.05. The third-order valence-electron chi connectivity index (χ3n) is 3.39. The molecule has 102 valence electrons. The Hall–Kier alpha value is -0.900. The molecule has 2 N–H and O–H groups in total. The molecule has 1 atom stereocenters. The van der Waals surface area contributed by atoms with Gasteiger partial charge >= 0.3 is 0 Å². The number of rotatable bonds is 7. The van der Waals surface area contributed by atoms with E-state index >= 15 is 0 Å². The van der Waals surface area contributed by atoms with Gasteiger partial charge in [0.2, 0.25) is 0 Å². The minimum absolute atomic E-state index is 0.103. The van der Waals surface area contributed by atoms with Gasteiger partial charge in [0.25, 0.3) is 0 Å². The van der Waals surface area contributed by atoms with Crippen molar-refractivity contribution in [2.24, 2.45) is 0 Å². The molecule has 1 aromatic carbocycles. The molecular formula is C15H26N2O. The van der Waals surface area contributed by atoms with Crippen LogP contribution < -0.4 is 5.32 Å². The lowest BCUT2D eigenvalue weighted by Gasteiger charge is -2.30. The van der Waals surface area contributed by atoms with Gasteiger partial charge in [0.1, 0.15) is 0 Å². The van der Waals surface area contributed by atoms with E-state index < -0.39 is 0 Å². The first-order valence-corrected chi connectivity index (χ1v) is 6.62. The molecule has 0 saturated carbocycles. The zero-order chi connectivity index (χ0) is 13.6. The first-order valence-electron chi connectivity index (χ1n) is 6.62. The number of aryl methyl sites for hydroxylation is 1. The second-order valence-corrected chi connectivity index (χ2v) is 5.27. The molecule has 0 aliphatic rings. The van der Waals surface area contributed by atoms with Crippen molar-refractivity contribution < 1.29 is 5.11 Å². The van der Waals surface area contributed by atoms with E-state index in [1.165, 1.54) is 5.56 Å². The summed E-state index contributed by atoms with van der Waals surface area (Å²) in [4.78, 5) is 2.13. The van der Waals surface area contributed by atoms with E-state index in [0.717, 1.165) is 25.1 Å². The first-order chi connectivity index (χ1) is 8.51. The summed E-state index contributed by atoms with van der Waals surface area (Å²) in [6, 6.07) is 8.49. The molecular weight excluding hydrogens is 224 g/mol. The molecule has 0 aliphatic carbocycles. The van der Waals surface area contributed by atoms with Crippen LogP contribution in [0.1, 0.15) is 25.0 Å². The summed E-state index contributed by atoms with van der Waals surface area (Å²) < 4.78 is 0. The van der Waals surface area contributed by atoms with Crippen molar-refractivity contribution in [3.05, 3.63) is 35.4 Å². The summed E-state index contributed by atoms with van der Waals surface area (Å²) in [5.74, 6) is 0. The van der Waals surface area contributed by atoms with Gasteiger partial charge in [-0.2, -0.15) is 0 Å². The number of hydrogen-bond acceptors (Lipinski definition) is 3. The Morgan fingerprint density at radius 3 is 2.28 bits per heavy atom. The molecule has 18 heavy (non-hydrogen) atoms. The van der Waals surface area contributed by atoms with E-state index in [4.69, 9.17) is 0 Å². The highest BCUT2D eigenvalue weighted by Crippen LogP contribution is 2.20. The highest BCUT2D eigenvalue weighted by molar-refractivity contribution is 5.28. The van der Waals surface area contributed by atoms with Crippen molar-refractivity contribution in [2.45, 2.75) is 25.8 Å². The van der Waals surface area contributed by atoms with Gasteiger partial charge in [-0.3, -0.25) is 0 Å². The molecule has 1 rings (SSSR count). The van der Waals surface area contributed by atoms with Crippen molar-refractivity contribution in [2.75, 3.05) is 33.8 Å². The predicted molar refractivity (Wildman–Crippen MR) is 76.8 cm³/mol. The van der Waals surface area contributed by atoms with Crippen LogP contribution in [0.25, 0.3) is 0 Å². The van der Waals surface area contributed by atoms with Crippen LogP contribution in [0.15, 0.2) is 24.3 Å².